The van der Waals surface area contributed by atoms with E-state index in [1.807, 2.05) is 0 Å². The van der Waals surface area contributed by atoms with Crippen LogP contribution >= 0.6 is 0 Å². The fourth-order valence-corrected chi connectivity index (χ4v) is 2.04. The summed E-state index contributed by atoms with van der Waals surface area (Å²) >= 11 is 0. The minimum atomic E-state index is -0.904. The first-order valence-electron chi connectivity index (χ1n) is 6.66. The summed E-state index contributed by atoms with van der Waals surface area (Å²) in [5.74, 6) is -0.354. The van der Waals surface area contributed by atoms with Gasteiger partial charge in [0.05, 0.1) is 13.2 Å². The van der Waals surface area contributed by atoms with Gasteiger partial charge in [-0.25, -0.2) is 0 Å². The SMILES string of the molecule is CCCCCC(C#N)(CCCCC)C(=O)OC. The van der Waals surface area contributed by atoms with Crippen LogP contribution in [0.5, 0.6) is 0 Å². The fourth-order valence-electron chi connectivity index (χ4n) is 2.04. The first kappa shape index (κ1) is 16.0. The molecule has 0 aromatic carbocycles. The summed E-state index contributed by atoms with van der Waals surface area (Å²) in [6, 6.07) is 2.21. The van der Waals surface area contributed by atoms with Gasteiger partial charge in [0, 0.05) is 0 Å². The molecule has 0 saturated carbocycles. The molecule has 3 nitrogen and oxygen atoms in total. The monoisotopic (exact) mass is 239 g/mol. The Labute approximate surface area is 105 Å². The van der Waals surface area contributed by atoms with Gasteiger partial charge in [0.2, 0.25) is 0 Å². The zero-order valence-corrected chi connectivity index (χ0v) is 11.4. The summed E-state index contributed by atoms with van der Waals surface area (Å²) in [6.45, 7) is 4.23. The van der Waals surface area contributed by atoms with Crippen LogP contribution in [0.4, 0.5) is 0 Å². The lowest BCUT2D eigenvalue weighted by Crippen LogP contribution is -2.31. The van der Waals surface area contributed by atoms with Crippen LogP contribution in [0.1, 0.15) is 65.2 Å². The molecule has 0 N–H and O–H groups in total. The zero-order chi connectivity index (χ0) is 13.1. The van der Waals surface area contributed by atoms with Gasteiger partial charge in [-0.15, -0.1) is 0 Å². The van der Waals surface area contributed by atoms with Gasteiger partial charge in [-0.05, 0) is 12.8 Å². The highest BCUT2D eigenvalue weighted by molar-refractivity contribution is 5.79. The van der Waals surface area contributed by atoms with Gasteiger partial charge in [-0.3, -0.25) is 4.79 Å². The normalized spacial score (nSPS) is 10.9. The van der Waals surface area contributed by atoms with Gasteiger partial charge in [0.1, 0.15) is 0 Å². The van der Waals surface area contributed by atoms with Crippen molar-refractivity contribution in [3.05, 3.63) is 0 Å². The van der Waals surface area contributed by atoms with Crippen molar-refractivity contribution in [3.63, 3.8) is 0 Å². The van der Waals surface area contributed by atoms with E-state index < -0.39 is 5.41 Å². The van der Waals surface area contributed by atoms with E-state index in [1.165, 1.54) is 7.11 Å². The molecule has 0 aromatic rings. The average molecular weight is 239 g/mol. The van der Waals surface area contributed by atoms with Crippen molar-refractivity contribution < 1.29 is 9.53 Å². The standard InChI is InChI=1S/C14H25NO2/c1-4-6-8-10-14(12-15,13(16)17-3)11-9-7-5-2/h4-11H2,1-3H3. The molecule has 0 aliphatic rings. The minimum absolute atomic E-state index is 0.354. The molecule has 3 heteroatoms. The lowest BCUT2D eigenvalue weighted by atomic mass is 9.79. The maximum atomic E-state index is 11.8. The number of hydrogen-bond acceptors (Lipinski definition) is 3. The average Bonchev–Trinajstić information content (AvgIpc) is 2.36. The van der Waals surface area contributed by atoms with Crippen molar-refractivity contribution in [2.75, 3.05) is 7.11 Å². The Morgan fingerprint density at radius 1 is 1.12 bits per heavy atom. The predicted octanol–water partition coefficient (Wildman–Crippen LogP) is 3.83. The second-order valence-electron chi connectivity index (χ2n) is 4.60. The highest BCUT2D eigenvalue weighted by Gasteiger charge is 2.38. The third-order valence-corrected chi connectivity index (χ3v) is 3.20. The van der Waals surface area contributed by atoms with E-state index >= 15 is 0 Å². The van der Waals surface area contributed by atoms with E-state index in [1.54, 1.807) is 0 Å². The Kier molecular flexibility index (Phi) is 8.49. The number of carbonyl (C=O) groups excluding carboxylic acids is 1. The number of nitriles is 1. The molecular formula is C14H25NO2. The summed E-state index contributed by atoms with van der Waals surface area (Å²) in [4.78, 5) is 11.8. The lowest BCUT2D eigenvalue weighted by molar-refractivity contribution is -0.150. The fraction of sp³-hybridized carbons (Fsp3) is 0.857. The number of carbonyl (C=O) groups is 1. The van der Waals surface area contributed by atoms with E-state index in [0.717, 1.165) is 38.5 Å². The molecule has 0 rings (SSSR count). The van der Waals surface area contributed by atoms with Crippen LogP contribution in [-0.4, -0.2) is 13.1 Å². The molecule has 0 spiro atoms. The number of ether oxygens (including phenoxy) is 1. The Morgan fingerprint density at radius 3 is 1.88 bits per heavy atom. The van der Waals surface area contributed by atoms with E-state index in [2.05, 4.69) is 19.9 Å². The van der Waals surface area contributed by atoms with Crippen molar-refractivity contribution in [3.8, 4) is 6.07 Å². The molecule has 17 heavy (non-hydrogen) atoms. The van der Waals surface area contributed by atoms with Crippen LogP contribution in [0, 0.1) is 16.7 Å². The maximum Gasteiger partial charge on any atom is 0.326 e. The van der Waals surface area contributed by atoms with Gasteiger partial charge < -0.3 is 4.74 Å². The van der Waals surface area contributed by atoms with Gasteiger partial charge in [0.25, 0.3) is 0 Å². The molecule has 98 valence electrons. The molecule has 0 radical (unpaired) electrons. The van der Waals surface area contributed by atoms with Crippen LogP contribution in [0.25, 0.3) is 0 Å². The van der Waals surface area contributed by atoms with Crippen molar-refractivity contribution in [1.82, 2.24) is 0 Å². The molecule has 0 amide bonds. The van der Waals surface area contributed by atoms with Crippen molar-refractivity contribution in [2.45, 2.75) is 65.2 Å². The number of unbranched alkanes of at least 4 members (excludes halogenated alkanes) is 4. The number of esters is 1. The molecule has 0 aliphatic heterocycles. The zero-order valence-electron chi connectivity index (χ0n) is 11.4. The molecular weight excluding hydrogens is 214 g/mol. The molecule has 0 atom stereocenters. The van der Waals surface area contributed by atoms with E-state index in [4.69, 9.17) is 4.74 Å². The summed E-state index contributed by atoms with van der Waals surface area (Å²) in [5, 5.41) is 9.33. The summed E-state index contributed by atoms with van der Waals surface area (Å²) < 4.78 is 4.81. The second kappa shape index (κ2) is 9.04. The largest absolute Gasteiger partial charge is 0.468 e. The summed E-state index contributed by atoms with van der Waals surface area (Å²) in [6.07, 6.45) is 7.43. The summed E-state index contributed by atoms with van der Waals surface area (Å²) in [5.41, 5.74) is -0.904. The third kappa shape index (κ3) is 5.21. The highest BCUT2D eigenvalue weighted by atomic mass is 16.5. The minimum Gasteiger partial charge on any atom is -0.468 e. The van der Waals surface area contributed by atoms with Gasteiger partial charge in [-0.1, -0.05) is 52.4 Å². The number of methoxy groups -OCH3 is 1. The first-order valence-corrected chi connectivity index (χ1v) is 6.66. The highest BCUT2D eigenvalue weighted by Crippen LogP contribution is 2.32. The molecule has 0 aliphatic carbocycles. The Hall–Kier alpha value is -1.04. The van der Waals surface area contributed by atoms with Crippen molar-refractivity contribution in [1.29, 1.82) is 5.26 Å². The predicted molar refractivity (Wildman–Crippen MR) is 68.3 cm³/mol. The third-order valence-electron chi connectivity index (χ3n) is 3.20. The lowest BCUT2D eigenvalue weighted by Gasteiger charge is -2.23. The molecule has 0 bridgehead atoms. The Morgan fingerprint density at radius 2 is 1.59 bits per heavy atom. The number of hydrogen-bond donors (Lipinski definition) is 0. The van der Waals surface area contributed by atoms with Gasteiger partial charge >= 0.3 is 5.97 Å². The molecule has 0 unspecified atom stereocenters. The number of rotatable bonds is 9. The molecule has 0 saturated heterocycles. The van der Waals surface area contributed by atoms with Crippen LogP contribution in [-0.2, 0) is 9.53 Å². The van der Waals surface area contributed by atoms with Gasteiger partial charge in [-0.2, -0.15) is 5.26 Å². The van der Waals surface area contributed by atoms with Crippen LogP contribution in [0.3, 0.4) is 0 Å². The van der Waals surface area contributed by atoms with Crippen LogP contribution in [0.15, 0.2) is 0 Å². The maximum absolute atomic E-state index is 11.8. The molecule has 0 aromatic heterocycles. The van der Waals surface area contributed by atoms with Gasteiger partial charge in [0.15, 0.2) is 5.41 Å². The van der Waals surface area contributed by atoms with E-state index in [9.17, 15) is 10.1 Å². The van der Waals surface area contributed by atoms with Crippen molar-refractivity contribution in [2.24, 2.45) is 5.41 Å². The topological polar surface area (TPSA) is 50.1 Å². The van der Waals surface area contributed by atoms with Crippen LogP contribution < -0.4 is 0 Å². The van der Waals surface area contributed by atoms with Crippen molar-refractivity contribution >= 4 is 5.97 Å². The Balaban J connectivity index is 4.53. The summed E-state index contributed by atoms with van der Waals surface area (Å²) in [7, 11) is 1.37. The molecule has 0 fully saturated rings. The smallest absolute Gasteiger partial charge is 0.326 e. The second-order valence-corrected chi connectivity index (χ2v) is 4.60. The quantitative estimate of drug-likeness (QED) is 0.454. The van der Waals surface area contributed by atoms with Crippen LogP contribution in [0.2, 0.25) is 0 Å². The molecule has 0 heterocycles. The first-order chi connectivity index (χ1) is 8.16. The number of nitrogens with zero attached hydrogens (tertiary/aromatic N) is 1. The van der Waals surface area contributed by atoms with E-state index in [-0.39, 0.29) is 5.97 Å². The Bertz CT molecular complexity index is 245. The van der Waals surface area contributed by atoms with E-state index in [0.29, 0.717) is 12.8 Å².